The number of hydrogen-bond acceptors (Lipinski definition) is 4. The van der Waals surface area contributed by atoms with E-state index in [0.717, 1.165) is 5.56 Å². The Kier molecular flexibility index (Phi) is 5.82. The number of amides is 1. The average Bonchev–Trinajstić information content (AvgIpc) is 2.69. The third-order valence-electron chi connectivity index (χ3n) is 4.73. The second-order valence-corrected chi connectivity index (χ2v) is 8.62. The van der Waals surface area contributed by atoms with Gasteiger partial charge in [-0.2, -0.15) is 4.31 Å². The summed E-state index contributed by atoms with van der Waals surface area (Å²) < 4.78 is 33.0. The summed E-state index contributed by atoms with van der Waals surface area (Å²) in [6, 6.07) is 14.3. The Balaban J connectivity index is 1.79. The number of carbonyl (C=O) groups excluding carboxylic acids is 1. The van der Waals surface area contributed by atoms with E-state index in [9.17, 15) is 13.2 Å². The van der Waals surface area contributed by atoms with Gasteiger partial charge >= 0.3 is 0 Å². The van der Waals surface area contributed by atoms with E-state index < -0.39 is 10.0 Å². The monoisotopic (exact) mass is 388 g/mol. The highest BCUT2D eigenvalue weighted by atomic mass is 32.2. The highest BCUT2D eigenvalue weighted by Crippen LogP contribution is 2.30. The lowest BCUT2D eigenvalue weighted by Gasteiger charge is -2.31. The Labute approximate surface area is 160 Å². The fourth-order valence-electron chi connectivity index (χ4n) is 3.27. The predicted molar refractivity (Wildman–Crippen MR) is 104 cm³/mol. The first-order valence-corrected chi connectivity index (χ1v) is 10.4. The largest absolute Gasteiger partial charge is 0.495 e. The van der Waals surface area contributed by atoms with Gasteiger partial charge in [-0.15, -0.1) is 0 Å². The smallest absolute Gasteiger partial charge is 0.246 e. The van der Waals surface area contributed by atoms with Gasteiger partial charge < -0.3 is 10.1 Å². The molecule has 27 heavy (non-hydrogen) atoms. The summed E-state index contributed by atoms with van der Waals surface area (Å²) in [5.74, 6) is -0.224. The van der Waals surface area contributed by atoms with Gasteiger partial charge in [-0.05, 0) is 49.6 Å². The highest BCUT2D eigenvalue weighted by molar-refractivity contribution is 7.89. The van der Waals surface area contributed by atoms with E-state index in [1.807, 2.05) is 43.3 Å². The summed E-state index contributed by atoms with van der Waals surface area (Å²) >= 11 is 0. The van der Waals surface area contributed by atoms with Gasteiger partial charge in [0, 0.05) is 18.8 Å². The van der Waals surface area contributed by atoms with Crippen LogP contribution in [0.3, 0.4) is 0 Å². The van der Waals surface area contributed by atoms with Gasteiger partial charge in [0.1, 0.15) is 10.6 Å². The minimum absolute atomic E-state index is 0.147. The van der Waals surface area contributed by atoms with Crippen LogP contribution in [0.2, 0.25) is 0 Å². The van der Waals surface area contributed by atoms with Crippen LogP contribution in [0.1, 0.15) is 18.4 Å². The molecule has 1 fully saturated rings. The first-order valence-electron chi connectivity index (χ1n) is 8.92. The van der Waals surface area contributed by atoms with Crippen LogP contribution < -0.4 is 10.1 Å². The summed E-state index contributed by atoms with van der Waals surface area (Å²) in [6.07, 6.45) is 1.30. The number of nitrogens with one attached hydrogen (secondary N) is 1. The van der Waals surface area contributed by atoms with E-state index in [2.05, 4.69) is 5.32 Å². The first kappa shape index (κ1) is 19.4. The minimum atomic E-state index is -3.74. The lowest BCUT2D eigenvalue weighted by molar-refractivity contribution is -0.120. The highest BCUT2D eigenvalue weighted by Gasteiger charge is 2.34. The van der Waals surface area contributed by atoms with Crippen molar-refractivity contribution in [2.75, 3.05) is 25.5 Å². The number of piperidine rings is 1. The predicted octanol–water partition coefficient (Wildman–Crippen LogP) is 3.04. The van der Waals surface area contributed by atoms with Crippen LogP contribution >= 0.6 is 0 Å². The number of anilines is 1. The zero-order valence-electron chi connectivity index (χ0n) is 15.5. The molecule has 1 saturated heterocycles. The minimum Gasteiger partial charge on any atom is -0.495 e. The molecule has 2 aromatic rings. The number of rotatable bonds is 5. The van der Waals surface area contributed by atoms with Crippen molar-refractivity contribution in [1.82, 2.24) is 4.31 Å². The third-order valence-corrected chi connectivity index (χ3v) is 6.62. The van der Waals surface area contributed by atoms with Crippen LogP contribution in [-0.4, -0.2) is 38.8 Å². The molecule has 0 saturated carbocycles. The number of aryl methyl sites for hydroxylation is 1. The molecular formula is C20H24N2O4S. The first-order chi connectivity index (χ1) is 12.9. The second-order valence-electron chi connectivity index (χ2n) is 6.71. The van der Waals surface area contributed by atoms with Crippen LogP contribution in [0, 0.1) is 12.8 Å². The molecule has 1 atom stereocenters. The summed E-state index contributed by atoms with van der Waals surface area (Å²) in [6.45, 7) is 2.40. The quantitative estimate of drug-likeness (QED) is 0.854. The molecule has 0 aromatic heterocycles. The zero-order chi connectivity index (χ0) is 19.4. The molecule has 3 rings (SSSR count). The number of benzene rings is 2. The molecule has 1 N–H and O–H groups in total. The van der Waals surface area contributed by atoms with Gasteiger partial charge in [-0.1, -0.05) is 24.3 Å². The number of sulfonamides is 1. The van der Waals surface area contributed by atoms with Crippen LogP contribution in [0.25, 0.3) is 0 Å². The fourth-order valence-corrected chi connectivity index (χ4v) is 5.03. The molecule has 6 nitrogen and oxygen atoms in total. The molecule has 0 spiro atoms. The molecule has 2 aromatic carbocycles. The van der Waals surface area contributed by atoms with Crippen LogP contribution in [-0.2, 0) is 14.8 Å². The van der Waals surface area contributed by atoms with E-state index in [0.29, 0.717) is 30.8 Å². The average molecular weight is 388 g/mol. The maximum Gasteiger partial charge on any atom is 0.246 e. The van der Waals surface area contributed by atoms with Crippen LogP contribution in [0.15, 0.2) is 53.4 Å². The number of ether oxygens (including phenoxy) is 1. The number of carbonyl (C=O) groups is 1. The topological polar surface area (TPSA) is 75.7 Å². The Hall–Kier alpha value is -2.38. The zero-order valence-corrected chi connectivity index (χ0v) is 16.3. The molecule has 0 radical (unpaired) electrons. The molecule has 0 bridgehead atoms. The number of hydrogen-bond donors (Lipinski definition) is 1. The van der Waals surface area contributed by atoms with Gasteiger partial charge in [0.15, 0.2) is 0 Å². The number of nitrogens with zero attached hydrogens (tertiary/aromatic N) is 1. The third kappa shape index (κ3) is 4.31. The van der Waals surface area contributed by atoms with E-state index >= 15 is 0 Å². The fraction of sp³-hybridized carbons (Fsp3) is 0.350. The van der Waals surface area contributed by atoms with E-state index in [4.69, 9.17) is 4.74 Å². The Morgan fingerprint density at radius 3 is 2.63 bits per heavy atom. The molecule has 1 aliphatic rings. The molecule has 1 heterocycles. The van der Waals surface area contributed by atoms with E-state index in [1.165, 1.54) is 11.4 Å². The van der Waals surface area contributed by atoms with Gasteiger partial charge in [0.2, 0.25) is 15.9 Å². The normalized spacial score (nSPS) is 18.1. The Morgan fingerprint density at radius 2 is 1.93 bits per heavy atom. The summed E-state index contributed by atoms with van der Waals surface area (Å²) in [5, 5.41) is 2.87. The van der Waals surface area contributed by atoms with Gasteiger partial charge in [0.25, 0.3) is 0 Å². The van der Waals surface area contributed by atoms with Gasteiger partial charge in [-0.25, -0.2) is 8.42 Å². The molecule has 0 aliphatic carbocycles. The Bertz CT molecular complexity index is 913. The lowest BCUT2D eigenvalue weighted by atomic mass is 9.99. The number of para-hydroxylation sites is 1. The van der Waals surface area contributed by atoms with Crippen molar-refractivity contribution in [3.63, 3.8) is 0 Å². The van der Waals surface area contributed by atoms with Crippen molar-refractivity contribution in [3.05, 3.63) is 54.1 Å². The summed E-state index contributed by atoms with van der Waals surface area (Å²) in [4.78, 5) is 12.7. The summed E-state index contributed by atoms with van der Waals surface area (Å²) in [5.41, 5.74) is 1.55. The maximum absolute atomic E-state index is 13.2. The lowest BCUT2D eigenvalue weighted by Crippen LogP contribution is -2.43. The molecule has 1 amide bonds. The molecule has 144 valence electrons. The molecular weight excluding hydrogens is 364 g/mol. The van der Waals surface area contributed by atoms with Crippen LogP contribution in [0.4, 0.5) is 5.69 Å². The van der Waals surface area contributed by atoms with E-state index in [1.54, 1.807) is 12.1 Å². The standard InChI is InChI=1S/C20H24N2O4S/c1-15-10-11-18(26-2)19(13-15)27(24,25)22-12-6-7-16(14-22)20(23)21-17-8-4-3-5-9-17/h3-5,8-11,13,16H,6-7,12,14H2,1-2H3,(H,21,23)/t16-/m1/s1. The van der Waals surface area contributed by atoms with Crippen molar-refractivity contribution in [3.8, 4) is 5.75 Å². The van der Waals surface area contributed by atoms with Crippen molar-refractivity contribution in [2.45, 2.75) is 24.7 Å². The SMILES string of the molecule is COc1ccc(C)cc1S(=O)(=O)N1CCC[C@@H](C(=O)Nc2ccccc2)C1. The van der Waals surface area contributed by atoms with Crippen molar-refractivity contribution >= 4 is 21.6 Å². The number of methoxy groups -OCH3 is 1. The van der Waals surface area contributed by atoms with Gasteiger partial charge in [-0.3, -0.25) is 4.79 Å². The maximum atomic E-state index is 13.2. The van der Waals surface area contributed by atoms with Crippen LogP contribution in [0.5, 0.6) is 5.75 Å². The van der Waals surface area contributed by atoms with E-state index in [-0.39, 0.29) is 23.3 Å². The molecule has 0 unspecified atom stereocenters. The second kappa shape index (κ2) is 8.10. The molecule has 1 aliphatic heterocycles. The summed E-state index contributed by atoms with van der Waals surface area (Å²) in [7, 11) is -2.28. The Morgan fingerprint density at radius 1 is 1.19 bits per heavy atom. The van der Waals surface area contributed by atoms with Crippen molar-refractivity contribution in [1.29, 1.82) is 0 Å². The van der Waals surface area contributed by atoms with Crippen molar-refractivity contribution in [2.24, 2.45) is 5.92 Å². The van der Waals surface area contributed by atoms with Gasteiger partial charge in [0.05, 0.1) is 13.0 Å². The van der Waals surface area contributed by atoms with Crippen molar-refractivity contribution < 1.29 is 17.9 Å². The molecule has 7 heteroatoms.